The van der Waals surface area contributed by atoms with Crippen LogP contribution in [0.5, 0.6) is 17.4 Å². The number of hydrogen-bond acceptors (Lipinski definition) is 4. The zero-order valence-electron chi connectivity index (χ0n) is 17.9. The van der Waals surface area contributed by atoms with Crippen LogP contribution >= 0.6 is 0 Å². The quantitative estimate of drug-likeness (QED) is 0.262. The Morgan fingerprint density at radius 2 is 1.19 bits per heavy atom. The summed E-state index contributed by atoms with van der Waals surface area (Å²) < 4.78 is 97.1. The third kappa shape index (κ3) is 6.01. The van der Waals surface area contributed by atoms with E-state index in [4.69, 9.17) is 0 Å². The Morgan fingerprint density at radius 3 is 1.69 bits per heavy atom. The van der Waals surface area contributed by atoms with Crippen molar-refractivity contribution in [2.45, 2.75) is 12.7 Å². The zero-order valence-corrected chi connectivity index (χ0v) is 17.9. The fourth-order valence-electron chi connectivity index (χ4n) is 3.38. The van der Waals surface area contributed by atoms with Gasteiger partial charge in [-0.1, -0.05) is 0 Å². The minimum absolute atomic E-state index is 0.120. The van der Waals surface area contributed by atoms with Gasteiger partial charge in [0.05, 0.1) is 5.69 Å². The van der Waals surface area contributed by atoms with E-state index < -0.39 is 30.0 Å². The maximum atomic E-state index is 13.5. The average molecular weight is 512 g/mol. The van der Waals surface area contributed by atoms with Crippen molar-refractivity contribution >= 4 is 11.4 Å². The van der Waals surface area contributed by atoms with Gasteiger partial charge in [0.25, 0.3) is 0 Å². The minimum atomic E-state index is -4.88. The van der Waals surface area contributed by atoms with Crippen molar-refractivity contribution in [2.75, 3.05) is 5.32 Å². The van der Waals surface area contributed by atoms with Crippen LogP contribution in [0, 0.1) is 5.82 Å². The lowest BCUT2D eigenvalue weighted by Crippen LogP contribution is -2.17. The van der Waals surface area contributed by atoms with Crippen LogP contribution in [0.3, 0.4) is 0 Å². The normalized spacial score (nSPS) is 11.9. The third-order valence-electron chi connectivity index (χ3n) is 4.81. The number of nitrogens with zero attached hydrogens (tertiary/aromatic N) is 1. The van der Waals surface area contributed by atoms with Crippen molar-refractivity contribution in [3.8, 4) is 34.3 Å². The second-order valence-corrected chi connectivity index (χ2v) is 7.35. The number of aromatic hydroxyl groups is 1. The number of halogens is 7. The Hall–Kier alpha value is -4.35. The standard InChI is InChI=1S/C24H15F7N2O3/c25-15-3-1-14(2-4-15)21-13-20(32-16-5-9-18(10-6-16)35-23(26,27)28)22(34)33(21)17-7-11-19(12-8-17)36-24(29,30)31/h1-13,32,34H. The van der Waals surface area contributed by atoms with Crippen molar-refractivity contribution in [3.63, 3.8) is 0 Å². The predicted octanol–water partition coefficient (Wildman–Crippen LogP) is 7.53. The number of nitrogens with one attached hydrogen (secondary N) is 1. The molecule has 0 saturated heterocycles. The first kappa shape index (κ1) is 24.8. The summed E-state index contributed by atoms with van der Waals surface area (Å²) in [6.07, 6.45) is -9.73. The third-order valence-corrected chi connectivity index (χ3v) is 4.81. The first-order valence-corrected chi connectivity index (χ1v) is 10.1. The average Bonchev–Trinajstić information content (AvgIpc) is 3.10. The molecule has 1 aromatic heterocycles. The summed E-state index contributed by atoms with van der Waals surface area (Å²) in [4.78, 5) is 0. The molecule has 0 aliphatic rings. The molecule has 3 aromatic carbocycles. The van der Waals surface area contributed by atoms with Gasteiger partial charge in [-0.05, 0) is 84.4 Å². The monoisotopic (exact) mass is 512 g/mol. The number of benzene rings is 3. The summed E-state index contributed by atoms with van der Waals surface area (Å²) in [6.45, 7) is 0. The number of alkyl halides is 6. The van der Waals surface area contributed by atoms with Crippen molar-refractivity contribution in [1.29, 1.82) is 0 Å². The highest BCUT2D eigenvalue weighted by Crippen LogP contribution is 2.39. The van der Waals surface area contributed by atoms with Crippen LogP contribution in [0.4, 0.5) is 42.1 Å². The van der Waals surface area contributed by atoms with Crippen LogP contribution in [0.25, 0.3) is 16.9 Å². The summed E-state index contributed by atoms with van der Waals surface area (Å²) in [6, 6.07) is 16.2. The van der Waals surface area contributed by atoms with Gasteiger partial charge in [0.1, 0.15) is 23.0 Å². The van der Waals surface area contributed by atoms with Gasteiger partial charge in [-0.25, -0.2) is 4.39 Å². The molecule has 0 aliphatic heterocycles. The maximum Gasteiger partial charge on any atom is 0.573 e. The molecule has 36 heavy (non-hydrogen) atoms. The summed E-state index contributed by atoms with van der Waals surface area (Å²) in [5.41, 5.74) is 1.48. The lowest BCUT2D eigenvalue weighted by molar-refractivity contribution is -0.275. The first-order valence-electron chi connectivity index (χ1n) is 10.1. The molecule has 188 valence electrons. The molecule has 1 heterocycles. The fraction of sp³-hybridized carbons (Fsp3) is 0.0833. The Bertz CT molecular complexity index is 1330. The Morgan fingerprint density at radius 1 is 0.694 bits per heavy atom. The van der Waals surface area contributed by atoms with Crippen LogP contribution < -0.4 is 14.8 Å². The van der Waals surface area contributed by atoms with Gasteiger partial charge in [0, 0.05) is 11.4 Å². The molecule has 0 radical (unpaired) electrons. The molecule has 2 N–H and O–H groups in total. The van der Waals surface area contributed by atoms with Crippen LogP contribution in [0.15, 0.2) is 78.9 Å². The highest BCUT2D eigenvalue weighted by atomic mass is 19.4. The second kappa shape index (κ2) is 9.36. The molecule has 0 unspecified atom stereocenters. The second-order valence-electron chi connectivity index (χ2n) is 7.35. The van der Waals surface area contributed by atoms with Gasteiger partial charge < -0.3 is 19.9 Å². The van der Waals surface area contributed by atoms with Crippen LogP contribution in [0.1, 0.15) is 0 Å². The highest BCUT2D eigenvalue weighted by Gasteiger charge is 2.31. The molecule has 0 aliphatic carbocycles. The number of ether oxygens (including phenoxy) is 2. The molecule has 0 spiro atoms. The van der Waals surface area contributed by atoms with E-state index in [9.17, 15) is 35.8 Å². The van der Waals surface area contributed by atoms with Gasteiger partial charge in [-0.2, -0.15) is 0 Å². The molecule has 0 fully saturated rings. The van der Waals surface area contributed by atoms with Gasteiger partial charge >= 0.3 is 12.7 Å². The van der Waals surface area contributed by atoms with Crippen LogP contribution in [-0.4, -0.2) is 22.4 Å². The molecule has 0 saturated carbocycles. The minimum Gasteiger partial charge on any atom is -0.493 e. The summed E-state index contributed by atoms with van der Waals surface area (Å²) in [5.74, 6) is -1.78. The Kier molecular flexibility index (Phi) is 6.44. The zero-order chi connectivity index (χ0) is 26.1. The molecule has 0 atom stereocenters. The first-order chi connectivity index (χ1) is 16.9. The lowest BCUT2D eigenvalue weighted by Gasteiger charge is -2.13. The van der Waals surface area contributed by atoms with Gasteiger partial charge in [0.2, 0.25) is 5.88 Å². The molecule has 0 amide bonds. The van der Waals surface area contributed by atoms with E-state index in [0.717, 1.165) is 24.3 Å². The number of rotatable bonds is 6. The van der Waals surface area contributed by atoms with E-state index in [1.165, 1.54) is 59.2 Å². The van der Waals surface area contributed by atoms with E-state index in [2.05, 4.69) is 14.8 Å². The van der Waals surface area contributed by atoms with Gasteiger partial charge in [-0.15, -0.1) is 26.3 Å². The van der Waals surface area contributed by atoms with Crippen molar-refractivity contribution in [3.05, 3.63) is 84.7 Å². The molecule has 4 aromatic rings. The van der Waals surface area contributed by atoms with Gasteiger partial charge in [0.15, 0.2) is 0 Å². The number of hydrogen-bond donors (Lipinski definition) is 2. The van der Waals surface area contributed by atoms with Crippen molar-refractivity contribution < 1.29 is 45.3 Å². The van der Waals surface area contributed by atoms with E-state index in [-0.39, 0.29) is 17.3 Å². The summed E-state index contributed by atoms with van der Waals surface area (Å²) in [5, 5.41) is 13.8. The topological polar surface area (TPSA) is 55.6 Å². The van der Waals surface area contributed by atoms with E-state index in [0.29, 0.717) is 16.9 Å². The summed E-state index contributed by atoms with van der Waals surface area (Å²) in [7, 11) is 0. The number of aromatic nitrogens is 1. The molecule has 0 bridgehead atoms. The Labute approximate surface area is 198 Å². The summed E-state index contributed by atoms with van der Waals surface area (Å²) >= 11 is 0. The molecule has 4 rings (SSSR count). The molecule has 5 nitrogen and oxygen atoms in total. The fourth-order valence-corrected chi connectivity index (χ4v) is 3.38. The molecular weight excluding hydrogens is 497 g/mol. The predicted molar refractivity (Wildman–Crippen MR) is 116 cm³/mol. The van der Waals surface area contributed by atoms with Crippen molar-refractivity contribution in [1.82, 2.24) is 4.57 Å². The smallest absolute Gasteiger partial charge is 0.493 e. The Balaban J connectivity index is 1.70. The molecule has 12 heteroatoms. The van der Waals surface area contributed by atoms with Crippen LogP contribution in [-0.2, 0) is 0 Å². The maximum absolute atomic E-state index is 13.5. The molecular formula is C24H15F7N2O3. The number of anilines is 2. The van der Waals surface area contributed by atoms with E-state index in [1.54, 1.807) is 0 Å². The van der Waals surface area contributed by atoms with E-state index >= 15 is 0 Å². The highest BCUT2D eigenvalue weighted by molar-refractivity contribution is 5.77. The SMILES string of the molecule is Oc1c(Nc2ccc(OC(F)(F)F)cc2)cc(-c2ccc(F)cc2)n1-c1ccc(OC(F)(F)F)cc1. The van der Waals surface area contributed by atoms with Gasteiger partial charge in [-0.3, -0.25) is 4.57 Å². The van der Waals surface area contributed by atoms with Crippen molar-refractivity contribution in [2.24, 2.45) is 0 Å². The largest absolute Gasteiger partial charge is 0.573 e. The van der Waals surface area contributed by atoms with Crippen LogP contribution in [0.2, 0.25) is 0 Å². The lowest BCUT2D eigenvalue weighted by atomic mass is 10.1. The van der Waals surface area contributed by atoms with E-state index in [1.807, 2.05) is 0 Å².